The summed E-state index contributed by atoms with van der Waals surface area (Å²) in [4.78, 5) is 0. The molecule has 2 heteroatoms. The molecule has 0 aliphatic heterocycles. The molecule has 0 saturated heterocycles. The molecule has 0 bridgehead atoms. The standard InChI is InChI=1S/C18H29NO/c1-13(2)8-9-14(3)19-18-7-5-6-15-12-16(20-4)10-11-17(15)18/h10-14,18-19H,5-9H2,1-4H3. The number of aryl methyl sites for hydroxylation is 1. The van der Waals surface area contributed by atoms with E-state index < -0.39 is 0 Å². The Bertz CT molecular complexity index is 427. The SMILES string of the molecule is COc1ccc2c(c1)CCCC2NC(C)CCC(C)C. The van der Waals surface area contributed by atoms with Gasteiger partial charge in [-0.25, -0.2) is 0 Å². The second-order valence-corrected chi connectivity index (χ2v) is 6.55. The molecule has 1 N–H and O–H groups in total. The summed E-state index contributed by atoms with van der Waals surface area (Å²) in [5.74, 6) is 1.78. The van der Waals surface area contributed by atoms with Crippen molar-refractivity contribution in [2.75, 3.05) is 7.11 Å². The minimum absolute atomic E-state index is 0.520. The van der Waals surface area contributed by atoms with Gasteiger partial charge in [-0.2, -0.15) is 0 Å². The van der Waals surface area contributed by atoms with Gasteiger partial charge >= 0.3 is 0 Å². The van der Waals surface area contributed by atoms with Crippen LogP contribution in [0, 0.1) is 5.92 Å². The van der Waals surface area contributed by atoms with Crippen LogP contribution in [0.2, 0.25) is 0 Å². The molecular weight excluding hydrogens is 246 g/mol. The zero-order valence-electron chi connectivity index (χ0n) is 13.4. The maximum absolute atomic E-state index is 5.34. The van der Waals surface area contributed by atoms with Crippen molar-refractivity contribution in [3.8, 4) is 5.75 Å². The quantitative estimate of drug-likeness (QED) is 0.826. The highest BCUT2D eigenvalue weighted by Crippen LogP contribution is 2.32. The Kier molecular flexibility index (Phi) is 5.47. The Labute approximate surface area is 123 Å². The largest absolute Gasteiger partial charge is 0.497 e. The lowest BCUT2D eigenvalue weighted by atomic mass is 9.87. The highest BCUT2D eigenvalue weighted by atomic mass is 16.5. The molecule has 0 aromatic heterocycles. The van der Waals surface area contributed by atoms with Gasteiger partial charge in [0.2, 0.25) is 0 Å². The van der Waals surface area contributed by atoms with Crippen molar-refractivity contribution in [1.82, 2.24) is 5.32 Å². The third-order valence-electron chi connectivity index (χ3n) is 4.33. The van der Waals surface area contributed by atoms with Gasteiger partial charge in [-0.05, 0) is 68.2 Å². The Morgan fingerprint density at radius 1 is 1.25 bits per heavy atom. The minimum Gasteiger partial charge on any atom is -0.497 e. The van der Waals surface area contributed by atoms with Gasteiger partial charge in [-0.1, -0.05) is 19.9 Å². The molecule has 1 aromatic carbocycles. The van der Waals surface area contributed by atoms with Crippen molar-refractivity contribution in [2.45, 2.75) is 65.0 Å². The second-order valence-electron chi connectivity index (χ2n) is 6.55. The smallest absolute Gasteiger partial charge is 0.119 e. The average Bonchev–Trinajstić information content (AvgIpc) is 2.45. The summed E-state index contributed by atoms with van der Waals surface area (Å²) in [6.07, 6.45) is 6.28. The van der Waals surface area contributed by atoms with Crippen LogP contribution in [0.5, 0.6) is 5.75 Å². The van der Waals surface area contributed by atoms with Crippen LogP contribution in [0.25, 0.3) is 0 Å². The summed E-state index contributed by atoms with van der Waals surface area (Å²) >= 11 is 0. The molecule has 0 fully saturated rings. The van der Waals surface area contributed by atoms with Crippen molar-refractivity contribution in [1.29, 1.82) is 0 Å². The van der Waals surface area contributed by atoms with E-state index >= 15 is 0 Å². The van der Waals surface area contributed by atoms with E-state index in [4.69, 9.17) is 4.74 Å². The summed E-state index contributed by atoms with van der Waals surface area (Å²) in [6, 6.07) is 7.67. The molecule has 1 aromatic rings. The molecule has 112 valence electrons. The second kappa shape index (κ2) is 7.12. The fraction of sp³-hybridized carbons (Fsp3) is 0.667. The lowest BCUT2D eigenvalue weighted by Crippen LogP contribution is -2.33. The normalized spacial score (nSPS) is 19.8. The van der Waals surface area contributed by atoms with Crippen molar-refractivity contribution < 1.29 is 4.74 Å². The summed E-state index contributed by atoms with van der Waals surface area (Å²) in [5, 5.41) is 3.83. The highest BCUT2D eigenvalue weighted by Gasteiger charge is 2.21. The molecule has 1 aliphatic rings. The molecule has 20 heavy (non-hydrogen) atoms. The van der Waals surface area contributed by atoms with Crippen LogP contribution in [-0.4, -0.2) is 13.2 Å². The van der Waals surface area contributed by atoms with Crippen LogP contribution < -0.4 is 10.1 Å². The molecule has 0 heterocycles. The van der Waals surface area contributed by atoms with E-state index in [1.54, 1.807) is 7.11 Å². The number of benzene rings is 1. The first-order chi connectivity index (χ1) is 9.60. The Balaban J connectivity index is 2.01. The van der Waals surface area contributed by atoms with Gasteiger partial charge < -0.3 is 10.1 Å². The van der Waals surface area contributed by atoms with Gasteiger partial charge in [-0.3, -0.25) is 0 Å². The summed E-state index contributed by atoms with van der Waals surface area (Å²) < 4.78 is 5.34. The maximum atomic E-state index is 5.34. The minimum atomic E-state index is 0.520. The Morgan fingerprint density at radius 2 is 2.05 bits per heavy atom. The van der Waals surface area contributed by atoms with E-state index in [1.807, 2.05) is 0 Å². The molecule has 2 unspecified atom stereocenters. The third-order valence-corrected chi connectivity index (χ3v) is 4.33. The van der Waals surface area contributed by atoms with E-state index in [0.717, 1.165) is 11.7 Å². The molecule has 2 rings (SSSR count). The first-order valence-electron chi connectivity index (χ1n) is 8.03. The van der Waals surface area contributed by atoms with Crippen LogP contribution in [0.1, 0.15) is 63.6 Å². The molecule has 0 radical (unpaired) electrons. The molecule has 2 nitrogen and oxygen atoms in total. The van der Waals surface area contributed by atoms with Gasteiger partial charge in [0, 0.05) is 12.1 Å². The summed E-state index contributed by atoms with van der Waals surface area (Å²) in [6.45, 7) is 6.92. The van der Waals surface area contributed by atoms with E-state index in [2.05, 4.69) is 44.3 Å². The topological polar surface area (TPSA) is 21.3 Å². The molecule has 0 amide bonds. The third kappa shape index (κ3) is 3.99. The predicted octanol–water partition coefficient (Wildman–Crippen LogP) is 4.49. The van der Waals surface area contributed by atoms with E-state index in [0.29, 0.717) is 12.1 Å². The van der Waals surface area contributed by atoms with Crippen molar-refractivity contribution in [3.05, 3.63) is 29.3 Å². The fourth-order valence-electron chi connectivity index (χ4n) is 3.10. The molecular formula is C18H29NO. The van der Waals surface area contributed by atoms with Gasteiger partial charge in [0.05, 0.1) is 7.11 Å². The van der Waals surface area contributed by atoms with Crippen molar-refractivity contribution >= 4 is 0 Å². The first kappa shape index (κ1) is 15.4. The number of methoxy groups -OCH3 is 1. The zero-order valence-corrected chi connectivity index (χ0v) is 13.4. The van der Waals surface area contributed by atoms with Crippen LogP contribution in [0.15, 0.2) is 18.2 Å². The Hall–Kier alpha value is -1.02. The van der Waals surface area contributed by atoms with Crippen molar-refractivity contribution in [2.24, 2.45) is 5.92 Å². The van der Waals surface area contributed by atoms with Gasteiger partial charge in [0.15, 0.2) is 0 Å². The van der Waals surface area contributed by atoms with Crippen LogP contribution in [0.4, 0.5) is 0 Å². The Morgan fingerprint density at radius 3 is 2.75 bits per heavy atom. The zero-order chi connectivity index (χ0) is 14.5. The fourth-order valence-corrected chi connectivity index (χ4v) is 3.10. The number of rotatable bonds is 6. The first-order valence-corrected chi connectivity index (χ1v) is 8.03. The van der Waals surface area contributed by atoms with Crippen LogP contribution >= 0.6 is 0 Å². The van der Waals surface area contributed by atoms with Crippen LogP contribution in [-0.2, 0) is 6.42 Å². The number of ether oxygens (including phenoxy) is 1. The summed E-state index contributed by atoms with van der Waals surface area (Å²) in [5.41, 5.74) is 2.94. The van der Waals surface area contributed by atoms with Gasteiger partial charge in [-0.15, -0.1) is 0 Å². The van der Waals surface area contributed by atoms with Crippen molar-refractivity contribution in [3.63, 3.8) is 0 Å². The van der Waals surface area contributed by atoms with E-state index in [-0.39, 0.29) is 0 Å². The van der Waals surface area contributed by atoms with Gasteiger partial charge in [0.25, 0.3) is 0 Å². The molecule has 0 saturated carbocycles. The number of nitrogens with one attached hydrogen (secondary N) is 1. The highest BCUT2D eigenvalue weighted by molar-refractivity contribution is 5.39. The average molecular weight is 275 g/mol. The maximum Gasteiger partial charge on any atom is 0.119 e. The predicted molar refractivity (Wildman–Crippen MR) is 85.3 cm³/mol. The van der Waals surface area contributed by atoms with E-state index in [9.17, 15) is 0 Å². The number of fused-ring (bicyclic) bond motifs is 1. The van der Waals surface area contributed by atoms with E-state index in [1.165, 1.54) is 43.2 Å². The monoisotopic (exact) mass is 275 g/mol. The lowest BCUT2D eigenvalue weighted by Gasteiger charge is -2.30. The number of hydrogen-bond donors (Lipinski definition) is 1. The molecule has 0 spiro atoms. The molecule has 1 aliphatic carbocycles. The lowest BCUT2D eigenvalue weighted by molar-refractivity contribution is 0.373. The summed E-state index contributed by atoms with van der Waals surface area (Å²) in [7, 11) is 1.74. The molecule has 2 atom stereocenters. The van der Waals surface area contributed by atoms with Crippen LogP contribution in [0.3, 0.4) is 0 Å². The van der Waals surface area contributed by atoms with Gasteiger partial charge in [0.1, 0.15) is 5.75 Å². The number of hydrogen-bond acceptors (Lipinski definition) is 2.